The van der Waals surface area contributed by atoms with Gasteiger partial charge in [0.1, 0.15) is 0 Å². The summed E-state index contributed by atoms with van der Waals surface area (Å²) in [5.41, 5.74) is 0.186. The highest BCUT2D eigenvalue weighted by atomic mass is 16.5. The number of ether oxygens (including phenoxy) is 1. The topological polar surface area (TPSA) is 43.4 Å². The van der Waals surface area contributed by atoms with Crippen LogP contribution in [-0.4, -0.2) is 18.4 Å². The normalized spacial score (nSPS) is 11.7. The lowest BCUT2D eigenvalue weighted by atomic mass is 9.98. The monoisotopic (exact) mass is 212 g/mol. The van der Waals surface area contributed by atoms with Gasteiger partial charge in [-0.25, -0.2) is 4.79 Å². The van der Waals surface area contributed by atoms with Crippen LogP contribution in [0.2, 0.25) is 0 Å². The molecule has 0 N–H and O–H groups in total. The van der Waals surface area contributed by atoms with Gasteiger partial charge in [0.2, 0.25) is 0 Å². The molecule has 0 unspecified atom stereocenters. The van der Waals surface area contributed by atoms with Gasteiger partial charge >= 0.3 is 5.97 Å². The van der Waals surface area contributed by atoms with E-state index in [1.165, 1.54) is 6.92 Å². The molecule has 3 heteroatoms. The van der Waals surface area contributed by atoms with Gasteiger partial charge in [-0.1, -0.05) is 19.9 Å². The molecular weight excluding hydrogens is 192 g/mol. The Kier molecular flexibility index (Phi) is 6.67. The fraction of sp³-hybridized carbons (Fsp3) is 0.667. The van der Waals surface area contributed by atoms with Crippen LogP contribution >= 0.6 is 0 Å². The molecule has 0 fully saturated rings. The van der Waals surface area contributed by atoms with Crippen molar-refractivity contribution in [2.45, 2.75) is 40.5 Å². The maximum absolute atomic E-state index is 11.4. The van der Waals surface area contributed by atoms with Crippen LogP contribution in [0.3, 0.4) is 0 Å². The van der Waals surface area contributed by atoms with E-state index in [4.69, 9.17) is 4.74 Å². The molecule has 0 saturated heterocycles. The Morgan fingerprint density at radius 1 is 1.20 bits per heavy atom. The van der Waals surface area contributed by atoms with Gasteiger partial charge in [-0.3, -0.25) is 4.79 Å². The Balaban J connectivity index is 4.79. The third-order valence-corrected chi connectivity index (χ3v) is 2.33. The predicted molar refractivity (Wildman–Crippen MR) is 59.5 cm³/mol. The number of hydrogen-bond donors (Lipinski definition) is 0. The first-order valence-corrected chi connectivity index (χ1v) is 5.46. The second kappa shape index (κ2) is 7.21. The molecule has 0 aromatic rings. The molecule has 0 aromatic heterocycles. The molecule has 0 aromatic carbocycles. The first kappa shape index (κ1) is 13.9. The lowest BCUT2D eigenvalue weighted by Crippen LogP contribution is -2.15. The van der Waals surface area contributed by atoms with E-state index in [0.717, 1.165) is 12.8 Å². The second-order valence-corrected chi connectivity index (χ2v) is 3.43. The average Bonchev–Trinajstić information content (AvgIpc) is 2.19. The minimum Gasteiger partial charge on any atom is -0.462 e. The van der Waals surface area contributed by atoms with Crippen molar-refractivity contribution in [3.05, 3.63) is 11.6 Å². The van der Waals surface area contributed by atoms with Crippen LogP contribution in [0, 0.1) is 5.92 Å². The van der Waals surface area contributed by atoms with Crippen molar-refractivity contribution in [1.29, 1.82) is 0 Å². The van der Waals surface area contributed by atoms with Gasteiger partial charge in [-0.2, -0.15) is 0 Å². The van der Waals surface area contributed by atoms with Crippen molar-refractivity contribution in [2.75, 3.05) is 6.61 Å². The van der Waals surface area contributed by atoms with E-state index >= 15 is 0 Å². The summed E-state index contributed by atoms with van der Waals surface area (Å²) in [6, 6.07) is 0. The fourth-order valence-corrected chi connectivity index (χ4v) is 1.30. The van der Waals surface area contributed by atoms with Crippen molar-refractivity contribution in [3.63, 3.8) is 0 Å². The molecule has 0 heterocycles. The number of rotatable bonds is 6. The summed E-state index contributed by atoms with van der Waals surface area (Å²) < 4.78 is 4.83. The maximum atomic E-state index is 11.4. The predicted octanol–water partition coefficient (Wildman–Crippen LogP) is 2.50. The van der Waals surface area contributed by atoms with E-state index in [0.29, 0.717) is 6.61 Å². The minimum atomic E-state index is -0.503. The maximum Gasteiger partial charge on any atom is 0.341 e. The van der Waals surface area contributed by atoms with E-state index in [-0.39, 0.29) is 17.3 Å². The van der Waals surface area contributed by atoms with Crippen LogP contribution in [0.4, 0.5) is 0 Å². The molecular formula is C12H20O3. The van der Waals surface area contributed by atoms with Gasteiger partial charge < -0.3 is 4.74 Å². The fourth-order valence-electron chi connectivity index (χ4n) is 1.30. The Labute approximate surface area is 91.5 Å². The Morgan fingerprint density at radius 3 is 2.07 bits per heavy atom. The summed E-state index contributed by atoms with van der Waals surface area (Å²) in [4.78, 5) is 22.7. The van der Waals surface area contributed by atoms with Crippen LogP contribution in [0.15, 0.2) is 11.6 Å². The van der Waals surface area contributed by atoms with Crippen LogP contribution in [-0.2, 0) is 14.3 Å². The quantitative estimate of drug-likeness (QED) is 0.294. The highest BCUT2D eigenvalue weighted by Crippen LogP contribution is 2.13. The highest BCUT2D eigenvalue weighted by Gasteiger charge is 2.16. The number of carbonyl (C=O) groups is 2. The molecule has 0 aliphatic carbocycles. The molecule has 0 aliphatic heterocycles. The summed E-state index contributed by atoms with van der Waals surface area (Å²) >= 11 is 0. The number of ketones is 1. The first-order chi connectivity index (χ1) is 7.06. The minimum absolute atomic E-state index is 0.186. The summed E-state index contributed by atoms with van der Waals surface area (Å²) in [7, 11) is 0. The molecule has 86 valence electrons. The molecule has 0 aliphatic rings. The molecule has 0 atom stereocenters. The summed E-state index contributed by atoms with van der Waals surface area (Å²) in [5.74, 6) is -0.453. The van der Waals surface area contributed by atoms with Gasteiger partial charge in [0.25, 0.3) is 0 Å². The Morgan fingerprint density at radius 2 is 1.73 bits per heavy atom. The number of Topliss-reactive ketones (excluding diaryl/α,β-unsaturated/α-hetero) is 1. The van der Waals surface area contributed by atoms with Crippen LogP contribution in [0.5, 0.6) is 0 Å². The van der Waals surface area contributed by atoms with E-state index in [1.807, 2.05) is 13.8 Å². The molecule has 0 spiro atoms. The van der Waals surface area contributed by atoms with Crippen molar-refractivity contribution in [3.8, 4) is 0 Å². The van der Waals surface area contributed by atoms with E-state index in [1.54, 1.807) is 13.0 Å². The SMILES string of the molecule is CCOC(=O)/C(=C\C(CC)CC)C(C)=O. The van der Waals surface area contributed by atoms with Crippen LogP contribution in [0.1, 0.15) is 40.5 Å². The smallest absolute Gasteiger partial charge is 0.341 e. The summed E-state index contributed by atoms with van der Waals surface area (Å²) in [6.45, 7) is 7.49. The Bertz CT molecular complexity index is 250. The van der Waals surface area contributed by atoms with E-state index in [2.05, 4.69) is 0 Å². The van der Waals surface area contributed by atoms with Crippen molar-refractivity contribution in [2.24, 2.45) is 5.92 Å². The average molecular weight is 212 g/mol. The first-order valence-electron chi connectivity index (χ1n) is 5.46. The lowest BCUT2D eigenvalue weighted by Gasteiger charge is -2.09. The summed E-state index contributed by atoms with van der Waals surface area (Å²) in [5, 5.41) is 0. The van der Waals surface area contributed by atoms with Crippen molar-refractivity contribution < 1.29 is 14.3 Å². The van der Waals surface area contributed by atoms with Gasteiger partial charge in [0.05, 0.1) is 12.2 Å². The molecule has 0 radical (unpaired) electrons. The standard InChI is InChI=1S/C12H20O3/c1-5-10(6-2)8-11(9(4)13)12(14)15-7-3/h8,10H,5-7H2,1-4H3/b11-8-. The molecule has 0 bridgehead atoms. The molecule has 0 amide bonds. The number of allylic oxidation sites excluding steroid dienone is 1. The van der Waals surface area contributed by atoms with Crippen molar-refractivity contribution in [1.82, 2.24) is 0 Å². The molecule has 0 rings (SSSR count). The highest BCUT2D eigenvalue weighted by molar-refractivity contribution is 6.16. The van der Waals surface area contributed by atoms with Gasteiger partial charge in [-0.05, 0) is 32.6 Å². The molecule has 0 saturated carbocycles. The van der Waals surface area contributed by atoms with E-state index < -0.39 is 5.97 Å². The van der Waals surface area contributed by atoms with Crippen molar-refractivity contribution >= 4 is 11.8 Å². The summed E-state index contributed by atoms with van der Waals surface area (Å²) in [6.07, 6.45) is 3.58. The van der Waals surface area contributed by atoms with Gasteiger partial charge in [0, 0.05) is 0 Å². The number of carbonyl (C=O) groups excluding carboxylic acids is 2. The number of esters is 1. The second-order valence-electron chi connectivity index (χ2n) is 3.43. The van der Waals surface area contributed by atoms with E-state index in [9.17, 15) is 9.59 Å². The third-order valence-electron chi connectivity index (χ3n) is 2.33. The van der Waals surface area contributed by atoms with Crippen LogP contribution in [0.25, 0.3) is 0 Å². The zero-order valence-corrected chi connectivity index (χ0v) is 10.0. The van der Waals surface area contributed by atoms with Gasteiger partial charge in [-0.15, -0.1) is 0 Å². The lowest BCUT2D eigenvalue weighted by molar-refractivity contribution is -0.139. The third kappa shape index (κ3) is 4.77. The van der Waals surface area contributed by atoms with Crippen LogP contribution < -0.4 is 0 Å². The number of hydrogen-bond acceptors (Lipinski definition) is 3. The molecule has 3 nitrogen and oxygen atoms in total. The zero-order chi connectivity index (χ0) is 11.8. The molecule has 15 heavy (non-hydrogen) atoms. The zero-order valence-electron chi connectivity index (χ0n) is 10.0. The van der Waals surface area contributed by atoms with Gasteiger partial charge in [0.15, 0.2) is 5.78 Å². The largest absolute Gasteiger partial charge is 0.462 e. The Hall–Kier alpha value is -1.12.